The van der Waals surface area contributed by atoms with Gasteiger partial charge < -0.3 is 21.2 Å². The lowest BCUT2D eigenvalue weighted by molar-refractivity contribution is -0.106. The molecule has 1 aliphatic carbocycles. The summed E-state index contributed by atoms with van der Waals surface area (Å²) < 4.78 is 5.52. The van der Waals surface area contributed by atoms with Crippen molar-refractivity contribution in [2.45, 2.75) is 24.8 Å². The summed E-state index contributed by atoms with van der Waals surface area (Å²) >= 11 is 0. The van der Waals surface area contributed by atoms with Gasteiger partial charge in [-0.2, -0.15) is 0 Å². The number of fused-ring (bicyclic) bond motifs is 3. The number of carbonyl (C=O) groups excluding carboxylic acids is 2. The second kappa shape index (κ2) is 5.81. The van der Waals surface area contributed by atoms with E-state index in [0.717, 1.165) is 23.4 Å². The lowest BCUT2D eigenvalue weighted by atomic mass is 9.88. The van der Waals surface area contributed by atoms with Gasteiger partial charge in [-0.05, 0) is 48.9 Å². The quantitative estimate of drug-likeness (QED) is 0.721. The van der Waals surface area contributed by atoms with Crippen molar-refractivity contribution in [3.05, 3.63) is 35.6 Å². The smallest absolute Gasteiger partial charge is 0.284 e. The summed E-state index contributed by atoms with van der Waals surface area (Å²) in [5.74, 6) is 1.09. The van der Waals surface area contributed by atoms with Gasteiger partial charge in [0.15, 0.2) is 5.76 Å². The maximum atomic E-state index is 11.1. The van der Waals surface area contributed by atoms with E-state index < -0.39 is 5.91 Å². The maximum Gasteiger partial charge on any atom is 0.284 e. The van der Waals surface area contributed by atoms with Crippen molar-refractivity contribution in [1.82, 2.24) is 5.32 Å². The lowest BCUT2D eigenvalue weighted by Gasteiger charge is -2.22. The number of nitrogens with two attached hydrogens (primary N) is 2. The van der Waals surface area contributed by atoms with E-state index in [9.17, 15) is 4.79 Å². The molecule has 6 nitrogen and oxygen atoms in total. The summed E-state index contributed by atoms with van der Waals surface area (Å²) in [7, 11) is 0. The highest BCUT2D eigenvalue weighted by Crippen LogP contribution is 2.43. The van der Waals surface area contributed by atoms with Crippen molar-refractivity contribution >= 4 is 23.3 Å². The molecule has 0 spiro atoms. The van der Waals surface area contributed by atoms with Crippen LogP contribution < -0.4 is 16.8 Å². The minimum Gasteiger partial charge on any atom is -0.451 e. The summed E-state index contributed by atoms with van der Waals surface area (Å²) in [5.41, 5.74) is 11.5. The molecule has 2 fully saturated rings. The first-order valence-electron chi connectivity index (χ1n) is 7.34. The summed E-state index contributed by atoms with van der Waals surface area (Å²) in [5, 5.41) is 4.47. The zero-order chi connectivity index (χ0) is 15.7. The zero-order valence-electron chi connectivity index (χ0n) is 12.1. The van der Waals surface area contributed by atoms with Gasteiger partial charge in [-0.3, -0.25) is 9.59 Å². The SMILES string of the molecule is NC(=O)c1cc2ccc(C3CC4CC3CN4)cc2o1.NC=O. The Kier molecular flexibility index (Phi) is 3.85. The summed E-state index contributed by atoms with van der Waals surface area (Å²) in [4.78, 5) is 19.7. The van der Waals surface area contributed by atoms with Crippen molar-refractivity contribution < 1.29 is 14.0 Å². The fourth-order valence-corrected chi connectivity index (χ4v) is 3.64. The predicted molar refractivity (Wildman–Crippen MR) is 82.2 cm³/mol. The fourth-order valence-electron chi connectivity index (χ4n) is 3.64. The van der Waals surface area contributed by atoms with Crippen LogP contribution >= 0.6 is 0 Å². The molecule has 0 radical (unpaired) electrons. The number of primary amides is 2. The van der Waals surface area contributed by atoms with E-state index in [1.807, 2.05) is 6.07 Å². The zero-order valence-corrected chi connectivity index (χ0v) is 12.1. The number of nitrogens with one attached hydrogen (secondary N) is 1. The van der Waals surface area contributed by atoms with Crippen molar-refractivity contribution in [3.8, 4) is 0 Å². The molecular weight excluding hydrogens is 282 g/mol. The van der Waals surface area contributed by atoms with Gasteiger partial charge in [0, 0.05) is 11.4 Å². The molecule has 2 aliphatic rings. The Morgan fingerprint density at radius 3 is 2.68 bits per heavy atom. The molecule has 3 unspecified atom stereocenters. The largest absolute Gasteiger partial charge is 0.451 e. The second-order valence-corrected chi connectivity index (χ2v) is 5.85. The highest BCUT2D eigenvalue weighted by molar-refractivity contribution is 5.95. The van der Waals surface area contributed by atoms with E-state index in [0.29, 0.717) is 12.0 Å². The number of hydrogen-bond acceptors (Lipinski definition) is 4. The van der Waals surface area contributed by atoms with Gasteiger partial charge in [0.25, 0.3) is 5.91 Å². The number of furan rings is 1. The topological polar surface area (TPSA) is 111 Å². The predicted octanol–water partition coefficient (Wildman–Crippen LogP) is 1.10. The average molecular weight is 301 g/mol. The van der Waals surface area contributed by atoms with E-state index in [4.69, 9.17) is 14.9 Å². The summed E-state index contributed by atoms with van der Waals surface area (Å²) in [6, 6.07) is 8.66. The van der Waals surface area contributed by atoms with E-state index in [1.54, 1.807) is 6.07 Å². The molecule has 3 atom stereocenters. The van der Waals surface area contributed by atoms with E-state index in [1.165, 1.54) is 18.4 Å². The van der Waals surface area contributed by atoms with Crippen LogP contribution in [0.1, 0.15) is 34.9 Å². The molecular formula is C16H19N3O3. The number of hydrogen-bond donors (Lipinski definition) is 3. The Bertz CT molecular complexity index is 710. The molecule has 6 heteroatoms. The Balaban J connectivity index is 0.000000446. The highest BCUT2D eigenvalue weighted by Gasteiger charge is 2.40. The number of piperidine rings is 1. The van der Waals surface area contributed by atoms with Gasteiger partial charge in [0.05, 0.1) is 0 Å². The molecule has 1 saturated carbocycles. The second-order valence-electron chi connectivity index (χ2n) is 5.85. The van der Waals surface area contributed by atoms with Gasteiger partial charge >= 0.3 is 0 Å². The number of carbonyl (C=O) groups is 2. The standard InChI is InChI=1S/C15H16N2O2.CH3NO/c16-15(18)14-5-9-2-1-8(4-13(9)19-14)12-6-11-3-10(12)7-17-11;2-1-3/h1-2,4-5,10-12,17H,3,6-7H2,(H2,16,18);1H,(H2,2,3). The van der Waals surface area contributed by atoms with Crippen LogP contribution in [0.15, 0.2) is 28.7 Å². The normalized spacial score (nSPS) is 25.7. The summed E-state index contributed by atoms with van der Waals surface area (Å²) in [6.07, 6.45) is 2.74. The number of amides is 2. The van der Waals surface area contributed by atoms with Crippen LogP contribution in [-0.4, -0.2) is 24.9 Å². The van der Waals surface area contributed by atoms with Gasteiger partial charge in [0.1, 0.15) is 5.58 Å². The molecule has 4 rings (SSSR count). The highest BCUT2D eigenvalue weighted by atomic mass is 16.3. The molecule has 22 heavy (non-hydrogen) atoms. The third kappa shape index (κ3) is 2.57. The van der Waals surface area contributed by atoms with Crippen molar-refractivity contribution in [1.29, 1.82) is 0 Å². The van der Waals surface area contributed by atoms with E-state index >= 15 is 0 Å². The van der Waals surface area contributed by atoms with Crippen LogP contribution in [0.3, 0.4) is 0 Å². The van der Waals surface area contributed by atoms with Gasteiger partial charge in [-0.1, -0.05) is 12.1 Å². The minimum absolute atomic E-state index is 0.238. The number of benzene rings is 1. The van der Waals surface area contributed by atoms with Gasteiger partial charge in [-0.15, -0.1) is 0 Å². The molecule has 2 amide bonds. The molecule has 1 saturated heterocycles. The molecule has 116 valence electrons. The van der Waals surface area contributed by atoms with Crippen LogP contribution in [0.25, 0.3) is 11.0 Å². The Labute approximate surface area is 127 Å². The Morgan fingerprint density at radius 2 is 2.09 bits per heavy atom. The van der Waals surface area contributed by atoms with E-state index in [2.05, 4.69) is 23.2 Å². The van der Waals surface area contributed by atoms with Crippen molar-refractivity contribution in [3.63, 3.8) is 0 Å². The van der Waals surface area contributed by atoms with Crippen molar-refractivity contribution in [2.24, 2.45) is 17.4 Å². The van der Waals surface area contributed by atoms with Crippen LogP contribution in [0.5, 0.6) is 0 Å². The van der Waals surface area contributed by atoms with Gasteiger partial charge in [-0.25, -0.2) is 0 Å². The van der Waals surface area contributed by atoms with Gasteiger partial charge in [0.2, 0.25) is 6.41 Å². The molecule has 2 bridgehead atoms. The first-order valence-corrected chi connectivity index (χ1v) is 7.34. The third-order valence-electron chi connectivity index (χ3n) is 4.58. The average Bonchev–Trinajstić information content (AvgIpc) is 3.21. The Hall–Kier alpha value is -2.34. The van der Waals surface area contributed by atoms with Crippen LogP contribution in [0.2, 0.25) is 0 Å². The monoisotopic (exact) mass is 301 g/mol. The fraction of sp³-hybridized carbons (Fsp3) is 0.375. The molecule has 1 aliphatic heterocycles. The molecule has 2 heterocycles. The lowest BCUT2D eigenvalue weighted by Crippen LogP contribution is -2.28. The van der Waals surface area contributed by atoms with Crippen LogP contribution in [0, 0.1) is 5.92 Å². The van der Waals surface area contributed by atoms with E-state index in [-0.39, 0.29) is 12.2 Å². The summed E-state index contributed by atoms with van der Waals surface area (Å²) in [6.45, 7) is 1.12. The third-order valence-corrected chi connectivity index (χ3v) is 4.58. The molecule has 2 aromatic rings. The molecule has 1 aromatic heterocycles. The molecule has 5 N–H and O–H groups in total. The Morgan fingerprint density at radius 1 is 1.32 bits per heavy atom. The first-order chi connectivity index (χ1) is 10.6. The maximum absolute atomic E-state index is 11.1. The van der Waals surface area contributed by atoms with Crippen LogP contribution in [0.4, 0.5) is 0 Å². The van der Waals surface area contributed by atoms with Crippen LogP contribution in [-0.2, 0) is 4.79 Å². The minimum atomic E-state index is -0.512. The number of rotatable bonds is 2. The first kappa shape index (κ1) is 14.6. The van der Waals surface area contributed by atoms with Crippen molar-refractivity contribution in [2.75, 3.05) is 6.54 Å². The molecule has 1 aromatic carbocycles.